The summed E-state index contributed by atoms with van der Waals surface area (Å²) in [6, 6.07) is 7.63. The lowest BCUT2D eigenvalue weighted by Gasteiger charge is -2.18. The van der Waals surface area contributed by atoms with Crippen molar-refractivity contribution >= 4 is 23.2 Å². The molecule has 3 rings (SSSR count). The van der Waals surface area contributed by atoms with Gasteiger partial charge in [0.05, 0.1) is 18.5 Å². The fourth-order valence-electron chi connectivity index (χ4n) is 2.23. The Morgan fingerprint density at radius 3 is 3.00 bits per heavy atom. The summed E-state index contributed by atoms with van der Waals surface area (Å²) < 4.78 is 5.30. The third-order valence-corrected chi connectivity index (χ3v) is 3.55. The molecular weight excluding hydrogens is 276 g/mol. The molecule has 1 aromatic heterocycles. The molecule has 20 heavy (non-hydrogen) atoms. The summed E-state index contributed by atoms with van der Waals surface area (Å²) in [5.41, 5.74) is 2.81. The first-order chi connectivity index (χ1) is 9.78. The van der Waals surface area contributed by atoms with Crippen molar-refractivity contribution in [1.82, 2.24) is 15.3 Å². The molecule has 0 bridgehead atoms. The number of ether oxygens (including phenoxy) is 1. The van der Waals surface area contributed by atoms with Crippen LogP contribution in [0.2, 0.25) is 5.15 Å². The van der Waals surface area contributed by atoms with E-state index >= 15 is 0 Å². The van der Waals surface area contributed by atoms with Gasteiger partial charge >= 0.3 is 0 Å². The highest BCUT2D eigenvalue weighted by Gasteiger charge is 2.16. The minimum Gasteiger partial charge on any atom is -0.495 e. The van der Waals surface area contributed by atoms with Gasteiger partial charge in [0.1, 0.15) is 10.9 Å². The van der Waals surface area contributed by atoms with Gasteiger partial charge in [0.15, 0.2) is 0 Å². The lowest BCUT2D eigenvalue weighted by atomic mass is 10.1. The van der Waals surface area contributed by atoms with E-state index in [1.165, 1.54) is 0 Å². The average Bonchev–Trinajstić information content (AvgIpc) is 2.48. The number of anilines is 2. The third kappa shape index (κ3) is 2.55. The minimum absolute atomic E-state index is 0.500. The van der Waals surface area contributed by atoms with Gasteiger partial charge in [0.25, 0.3) is 0 Å². The number of para-hydroxylation sites is 2. The molecule has 0 radical (unpaired) electrons. The van der Waals surface area contributed by atoms with Crippen LogP contribution < -0.4 is 15.4 Å². The number of hydrogen-bond donors (Lipinski definition) is 2. The summed E-state index contributed by atoms with van der Waals surface area (Å²) in [5.74, 6) is 1.24. The number of nitrogens with one attached hydrogen (secondary N) is 2. The molecule has 0 atom stereocenters. The lowest BCUT2D eigenvalue weighted by molar-refractivity contribution is 0.417. The molecule has 1 aliphatic rings. The summed E-state index contributed by atoms with van der Waals surface area (Å²) in [5, 5.41) is 6.93. The average molecular weight is 291 g/mol. The Kier molecular flexibility index (Phi) is 3.71. The van der Waals surface area contributed by atoms with Gasteiger partial charge in [0, 0.05) is 25.1 Å². The molecule has 0 amide bonds. The molecule has 0 saturated carbocycles. The zero-order chi connectivity index (χ0) is 13.9. The van der Waals surface area contributed by atoms with Crippen LogP contribution in [0.15, 0.2) is 24.3 Å². The van der Waals surface area contributed by atoms with E-state index in [-0.39, 0.29) is 0 Å². The van der Waals surface area contributed by atoms with Crippen LogP contribution in [-0.2, 0) is 13.0 Å². The predicted molar refractivity (Wildman–Crippen MR) is 78.7 cm³/mol. The van der Waals surface area contributed by atoms with Crippen LogP contribution >= 0.6 is 11.6 Å². The van der Waals surface area contributed by atoms with E-state index in [9.17, 15) is 0 Å². The highest BCUT2D eigenvalue weighted by atomic mass is 35.5. The lowest BCUT2D eigenvalue weighted by Crippen LogP contribution is -2.25. The summed E-state index contributed by atoms with van der Waals surface area (Å²) in [6.07, 6.45) is 0.859. The Hall–Kier alpha value is -1.85. The molecule has 0 spiro atoms. The second kappa shape index (κ2) is 5.64. The molecule has 2 aromatic rings. The van der Waals surface area contributed by atoms with E-state index in [4.69, 9.17) is 16.3 Å². The maximum absolute atomic E-state index is 6.22. The van der Waals surface area contributed by atoms with Crippen LogP contribution in [0.25, 0.3) is 0 Å². The van der Waals surface area contributed by atoms with Crippen molar-refractivity contribution in [3.8, 4) is 5.75 Å². The van der Waals surface area contributed by atoms with Gasteiger partial charge in [-0.2, -0.15) is 0 Å². The third-order valence-electron chi connectivity index (χ3n) is 3.24. The maximum atomic E-state index is 6.22. The number of benzene rings is 1. The number of halogens is 1. The molecule has 2 N–H and O–H groups in total. The van der Waals surface area contributed by atoms with Crippen LogP contribution in [0.4, 0.5) is 11.6 Å². The van der Waals surface area contributed by atoms with E-state index in [1.807, 2.05) is 24.3 Å². The number of aromatic nitrogens is 2. The Morgan fingerprint density at radius 2 is 2.15 bits per heavy atom. The Balaban J connectivity index is 1.93. The first-order valence-electron chi connectivity index (χ1n) is 6.44. The number of nitrogens with zero attached hydrogens (tertiary/aromatic N) is 2. The van der Waals surface area contributed by atoms with Crippen molar-refractivity contribution in [3.05, 3.63) is 40.7 Å². The number of hydrogen-bond acceptors (Lipinski definition) is 5. The Morgan fingerprint density at radius 1 is 1.30 bits per heavy atom. The zero-order valence-electron chi connectivity index (χ0n) is 11.1. The van der Waals surface area contributed by atoms with Gasteiger partial charge in [-0.3, -0.25) is 0 Å². The normalized spacial score (nSPS) is 13.7. The van der Waals surface area contributed by atoms with Crippen molar-refractivity contribution in [1.29, 1.82) is 0 Å². The van der Waals surface area contributed by atoms with E-state index in [2.05, 4.69) is 20.6 Å². The molecule has 6 heteroatoms. The number of fused-ring (bicyclic) bond motifs is 1. The van der Waals surface area contributed by atoms with E-state index in [1.54, 1.807) is 7.11 Å². The summed E-state index contributed by atoms with van der Waals surface area (Å²) in [7, 11) is 1.63. The SMILES string of the molecule is COc1ccccc1Nc1nc(Cl)c2c(n1)CCNC2. The monoisotopic (exact) mass is 290 g/mol. The highest BCUT2D eigenvalue weighted by Crippen LogP contribution is 2.27. The van der Waals surface area contributed by atoms with Crippen molar-refractivity contribution < 1.29 is 4.74 Å². The van der Waals surface area contributed by atoms with Gasteiger partial charge in [0.2, 0.25) is 5.95 Å². The summed E-state index contributed by atoms with van der Waals surface area (Å²) in [4.78, 5) is 8.85. The fourth-order valence-corrected chi connectivity index (χ4v) is 2.48. The molecule has 104 valence electrons. The molecule has 0 saturated heterocycles. The molecule has 5 nitrogen and oxygen atoms in total. The molecule has 0 fully saturated rings. The van der Waals surface area contributed by atoms with E-state index in [0.717, 1.165) is 42.2 Å². The van der Waals surface area contributed by atoms with Gasteiger partial charge < -0.3 is 15.4 Å². The van der Waals surface area contributed by atoms with Gasteiger partial charge in [-0.1, -0.05) is 23.7 Å². The van der Waals surface area contributed by atoms with Gasteiger partial charge in [-0.05, 0) is 12.1 Å². The van der Waals surface area contributed by atoms with Crippen LogP contribution in [0.3, 0.4) is 0 Å². The van der Waals surface area contributed by atoms with Gasteiger partial charge in [-0.15, -0.1) is 0 Å². The predicted octanol–water partition coefficient (Wildman–Crippen LogP) is 2.53. The van der Waals surface area contributed by atoms with E-state index in [0.29, 0.717) is 11.1 Å². The fraction of sp³-hybridized carbons (Fsp3) is 0.286. The van der Waals surface area contributed by atoms with Crippen molar-refractivity contribution in [2.45, 2.75) is 13.0 Å². The second-order valence-corrected chi connectivity index (χ2v) is 4.87. The first kappa shape index (κ1) is 13.1. The molecule has 0 unspecified atom stereocenters. The largest absolute Gasteiger partial charge is 0.495 e. The van der Waals surface area contributed by atoms with Crippen LogP contribution in [-0.4, -0.2) is 23.6 Å². The standard InChI is InChI=1S/C14H15ClN4O/c1-20-12-5-3-2-4-11(12)18-14-17-10-6-7-16-8-9(10)13(15)19-14/h2-5,16H,6-8H2,1H3,(H,17,18,19). The smallest absolute Gasteiger partial charge is 0.228 e. The summed E-state index contributed by atoms with van der Waals surface area (Å²) >= 11 is 6.22. The second-order valence-electron chi connectivity index (χ2n) is 4.52. The van der Waals surface area contributed by atoms with Crippen LogP contribution in [0, 0.1) is 0 Å². The van der Waals surface area contributed by atoms with Crippen LogP contribution in [0.5, 0.6) is 5.75 Å². The molecule has 1 aliphatic heterocycles. The molecule has 0 aliphatic carbocycles. The summed E-state index contributed by atoms with van der Waals surface area (Å²) in [6.45, 7) is 1.64. The molecule has 2 heterocycles. The van der Waals surface area contributed by atoms with E-state index < -0.39 is 0 Å². The first-order valence-corrected chi connectivity index (χ1v) is 6.82. The van der Waals surface area contributed by atoms with Crippen molar-refractivity contribution in [2.24, 2.45) is 0 Å². The van der Waals surface area contributed by atoms with Gasteiger partial charge in [-0.25, -0.2) is 9.97 Å². The minimum atomic E-state index is 0.500. The van der Waals surface area contributed by atoms with Crippen molar-refractivity contribution in [2.75, 3.05) is 19.0 Å². The number of methoxy groups -OCH3 is 1. The molecule has 1 aromatic carbocycles. The highest BCUT2D eigenvalue weighted by molar-refractivity contribution is 6.30. The quantitative estimate of drug-likeness (QED) is 0.851. The van der Waals surface area contributed by atoms with Crippen LogP contribution in [0.1, 0.15) is 11.3 Å². The number of rotatable bonds is 3. The maximum Gasteiger partial charge on any atom is 0.228 e. The Labute approximate surface area is 122 Å². The zero-order valence-corrected chi connectivity index (χ0v) is 11.9. The Bertz CT molecular complexity index is 633. The van der Waals surface area contributed by atoms with Crippen molar-refractivity contribution in [3.63, 3.8) is 0 Å². The molecular formula is C14H15ClN4O. The topological polar surface area (TPSA) is 59.1 Å².